The van der Waals surface area contributed by atoms with Crippen LogP contribution in [-0.4, -0.2) is 49.7 Å². The lowest BCUT2D eigenvalue weighted by Crippen LogP contribution is -2.41. The number of hydrogen-bond acceptors (Lipinski definition) is 5. The number of amides is 2. The summed E-state index contributed by atoms with van der Waals surface area (Å²) in [5.41, 5.74) is 1.91. The van der Waals surface area contributed by atoms with E-state index in [2.05, 4.69) is 6.07 Å². The first-order chi connectivity index (χ1) is 15.1. The Balaban J connectivity index is 1.27. The molecule has 0 radical (unpaired) electrons. The molecule has 31 heavy (non-hydrogen) atoms. The zero-order valence-electron chi connectivity index (χ0n) is 17.6. The first kappa shape index (κ1) is 19.7. The minimum atomic E-state index is -0.316. The summed E-state index contributed by atoms with van der Waals surface area (Å²) >= 11 is 0. The molecule has 0 saturated carbocycles. The number of fused-ring (bicyclic) bond motifs is 1. The van der Waals surface area contributed by atoms with Gasteiger partial charge in [-0.2, -0.15) is 0 Å². The van der Waals surface area contributed by atoms with Crippen LogP contribution in [0.2, 0.25) is 0 Å². The second-order valence-corrected chi connectivity index (χ2v) is 8.33. The highest BCUT2D eigenvalue weighted by molar-refractivity contribution is 6.00. The van der Waals surface area contributed by atoms with Crippen LogP contribution in [0, 0.1) is 5.92 Å². The lowest BCUT2D eigenvalue weighted by atomic mass is 10.0. The van der Waals surface area contributed by atoms with Gasteiger partial charge in [-0.3, -0.25) is 9.59 Å². The molecule has 0 spiro atoms. The highest BCUT2D eigenvalue weighted by Crippen LogP contribution is 2.37. The van der Waals surface area contributed by atoms with E-state index < -0.39 is 0 Å². The van der Waals surface area contributed by atoms with Crippen LogP contribution in [0.5, 0.6) is 17.2 Å². The molecule has 2 saturated heterocycles. The van der Waals surface area contributed by atoms with Crippen LogP contribution in [-0.2, 0) is 16.0 Å². The Morgan fingerprint density at radius 2 is 2.03 bits per heavy atom. The van der Waals surface area contributed by atoms with Gasteiger partial charge in [0.05, 0.1) is 13.0 Å². The van der Waals surface area contributed by atoms with Gasteiger partial charge in [0, 0.05) is 37.3 Å². The zero-order chi connectivity index (χ0) is 21.4. The molecule has 2 unspecified atom stereocenters. The number of carbonyl (C=O) groups excluding carboxylic acids is 2. The Hall–Kier alpha value is -3.22. The van der Waals surface area contributed by atoms with E-state index in [9.17, 15) is 9.59 Å². The predicted octanol–water partition coefficient (Wildman–Crippen LogP) is 3.01. The van der Waals surface area contributed by atoms with Gasteiger partial charge >= 0.3 is 0 Å². The van der Waals surface area contributed by atoms with Gasteiger partial charge in [0.15, 0.2) is 11.5 Å². The minimum absolute atomic E-state index is 0.0271. The Kier molecular flexibility index (Phi) is 5.18. The van der Waals surface area contributed by atoms with E-state index >= 15 is 0 Å². The van der Waals surface area contributed by atoms with Crippen LogP contribution in [0.4, 0.5) is 5.69 Å². The summed E-state index contributed by atoms with van der Waals surface area (Å²) in [6.45, 7) is 1.35. The number of benzene rings is 2. The molecule has 3 aliphatic heterocycles. The van der Waals surface area contributed by atoms with Gasteiger partial charge in [0.1, 0.15) is 5.75 Å². The Morgan fingerprint density at radius 1 is 1.16 bits per heavy atom. The van der Waals surface area contributed by atoms with E-state index in [1.165, 1.54) is 0 Å². The van der Waals surface area contributed by atoms with Gasteiger partial charge < -0.3 is 24.0 Å². The SMILES string of the molecule is COc1cccc(CC2CCCN2C(=O)C2CC(=O)N(c3ccc4c(c3)OCO4)C2)c1. The third kappa shape index (κ3) is 3.80. The van der Waals surface area contributed by atoms with Crippen LogP contribution in [0.25, 0.3) is 0 Å². The van der Waals surface area contributed by atoms with Gasteiger partial charge in [-0.25, -0.2) is 0 Å². The molecule has 2 amide bonds. The first-order valence-corrected chi connectivity index (χ1v) is 10.8. The fourth-order valence-electron chi connectivity index (χ4n) is 4.82. The molecule has 162 valence electrons. The second-order valence-electron chi connectivity index (χ2n) is 8.33. The molecule has 2 fully saturated rings. The molecule has 0 aliphatic carbocycles. The lowest BCUT2D eigenvalue weighted by Gasteiger charge is -2.27. The highest BCUT2D eigenvalue weighted by atomic mass is 16.7. The number of carbonyl (C=O) groups is 2. The monoisotopic (exact) mass is 422 g/mol. The summed E-state index contributed by atoms with van der Waals surface area (Å²) in [5, 5.41) is 0. The Morgan fingerprint density at radius 3 is 2.90 bits per heavy atom. The Labute approximate surface area is 181 Å². The van der Waals surface area contributed by atoms with Crippen LogP contribution in [0.15, 0.2) is 42.5 Å². The van der Waals surface area contributed by atoms with E-state index in [0.29, 0.717) is 18.0 Å². The van der Waals surface area contributed by atoms with E-state index in [1.54, 1.807) is 12.0 Å². The van der Waals surface area contributed by atoms with E-state index in [1.807, 2.05) is 41.3 Å². The fraction of sp³-hybridized carbons (Fsp3) is 0.417. The molecular weight excluding hydrogens is 396 g/mol. The van der Waals surface area contributed by atoms with E-state index in [0.717, 1.165) is 42.8 Å². The van der Waals surface area contributed by atoms with Gasteiger partial charge in [0.2, 0.25) is 18.6 Å². The lowest BCUT2D eigenvalue weighted by molar-refractivity contribution is -0.136. The number of methoxy groups -OCH3 is 1. The summed E-state index contributed by atoms with van der Waals surface area (Å²) < 4.78 is 16.1. The summed E-state index contributed by atoms with van der Waals surface area (Å²) in [4.78, 5) is 29.8. The standard InChI is InChI=1S/C24H26N2O5/c1-29-20-6-2-4-16(11-20)10-18-5-3-9-25(18)24(28)17-12-23(27)26(14-17)19-7-8-21-22(13-19)31-15-30-21/h2,4,6-8,11,13,17-18H,3,5,9-10,12,14-15H2,1H3. The predicted molar refractivity (Wildman–Crippen MR) is 114 cm³/mol. The molecule has 3 heterocycles. The fourth-order valence-corrected chi connectivity index (χ4v) is 4.82. The molecule has 0 bridgehead atoms. The van der Waals surface area contributed by atoms with Crippen molar-refractivity contribution in [2.45, 2.75) is 31.7 Å². The number of rotatable bonds is 5. The number of likely N-dealkylation sites (tertiary alicyclic amines) is 1. The maximum Gasteiger partial charge on any atom is 0.231 e. The van der Waals surface area contributed by atoms with Crippen molar-refractivity contribution < 1.29 is 23.8 Å². The average molecular weight is 422 g/mol. The van der Waals surface area contributed by atoms with Crippen molar-refractivity contribution in [3.05, 3.63) is 48.0 Å². The maximum absolute atomic E-state index is 13.4. The number of ether oxygens (including phenoxy) is 3. The second kappa shape index (κ2) is 8.13. The van der Waals surface area contributed by atoms with E-state index in [4.69, 9.17) is 14.2 Å². The maximum atomic E-state index is 13.4. The summed E-state index contributed by atoms with van der Waals surface area (Å²) in [5.74, 6) is 1.89. The molecule has 7 nitrogen and oxygen atoms in total. The van der Waals surface area contributed by atoms with E-state index in [-0.39, 0.29) is 37.0 Å². The highest BCUT2D eigenvalue weighted by Gasteiger charge is 2.40. The number of anilines is 1. The summed E-state index contributed by atoms with van der Waals surface area (Å²) in [6.07, 6.45) is 3.02. The van der Waals surface area contributed by atoms with Crippen molar-refractivity contribution in [3.8, 4) is 17.2 Å². The van der Waals surface area contributed by atoms with Crippen molar-refractivity contribution in [1.29, 1.82) is 0 Å². The molecule has 0 N–H and O–H groups in total. The van der Waals surface area contributed by atoms with Gasteiger partial charge in [-0.1, -0.05) is 12.1 Å². The molecule has 3 aliphatic rings. The van der Waals surface area contributed by atoms with Crippen molar-refractivity contribution in [2.75, 3.05) is 31.9 Å². The minimum Gasteiger partial charge on any atom is -0.497 e. The van der Waals surface area contributed by atoms with Gasteiger partial charge in [0.25, 0.3) is 0 Å². The normalized spacial score (nSPS) is 22.3. The Bertz CT molecular complexity index is 1010. The van der Waals surface area contributed by atoms with Gasteiger partial charge in [-0.15, -0.1) is 0 Å². The molecule has 5 rings (SSSR count). The topological polar surface area (TPSA) is 68.3 Å². The average Bonchev–Trinajstić information content (AvgIpc) is 3.52. The molecule has 2 aromatic rings. The third-order valence-electron chi connectivity index (χ3n) is 6.41. The van der Waals surface area contributed by atoms with Crippen LogP contribution in [0.1, 0.15) is 24.8 Å². The molecular formula is C24H26N2O5. The van der Waals surface area contributed by atoms with Crippen molar-refractivity contribution in [1.82, 2.24) is 4.90 Å². The van der Waals surface area contributed by atoms with Crippen molar-refractivity contribution in [2.24, 2.45) is 5.92 Å². The van der Waals surface area contributed by atoms with Crippen LogP contribution < -0.4 is 19.1 Å². The van der Waals surface area contributed by atoms with Crippen molar-refractivity contribution in [3.63, 3.8) is 0 Å². The first-order valence-electron chi connectivity index (χ1n) is 10.8. The van der Waals surface area contributed by atoms with Crippen LogP contribution in [0.3, 0.4) is 0 Å². The zero-order valence-corrected chi connectivity index (χ0v) is 17.6. The summed E-state index contributed by atoms with van der Waals surface area (Å²) in [6, 6.07) is 13.6. The molecule has 0 aromatic heterocycles. The smallest absolute Gasteiger partial charge is 0.231 e. The molecule has 7 heteroatoms. The largest absolute Gasteiger partial charge is 0.497 e. The quantitative estimate of drug-likeness (QED) is 0.741. The van der Waals surface area contributed by atoms with Crippen LogP contribution >= 0.6 is 0 Å². The van der Waals surface area contributed by atoms with Gasteiger partial charge in [-0.05, 0) is 49.1 Å². The van der Waals surface area contributed by atoms with Crippen molar-refractivity contribution >= 4 is 17.5 Å². The third-order valence-corrected chi connectivity index (χ3v) is 6.41. The summed E-state index contributed by atoms with van der Waals surface area (Å²) in [7, 11) is 1.66. The number of nitrogens with zero attached hydrogens (tertiary/aromatic N) is 2. The number of hydrogen-bond donors (Lipinski definition) is 0. The molecule has 2 aromatic carbocycles. The molecule has 2 atom stereocenters.